The van der Waals surface area contributed by atoms with Crippen LogP contribution in [0.5, 0.6) is 0 Å². The average molecular weight is 190 g/mol. The van der Waals surface area contributed by atoms with Gasteiger partial charge in [-0.15, -0.1) is 0 Å². The molecule has 0 fully saturated rings. The van der Waals surface area contributed by atoms with E-state index in [1.807, 2.05) is 18.2 Å². The van der Waals surface area contributed by atoms with E-state index in [-0.39, 0.29) is 0 Å². The van der Waals surface area contributed by atoms with Gasteiger partial charge >= 0.3 is 0 Å². The number of benzene rings is 1. The van der Waals surface area contributed by atoms with E-state index in [0.717, 1.165) is 17.7 Å². The maximum Gasteiger partial charge on any atom is 0.122 e. The van der Waals surface area contributed by atoms with Crippen LogP contribution >= 0.6 is 0 Å². The van der Waals surface area contributed by atoms with Crippen LogP contribution in [0.3, 0.4) is 0 Å². The van der Waals surface area contributed by atoms with E-state index < -0.39 is 0 Å². The lowest BCUT2D eigenvalue weighted by Gasteiger charge is -2.07. The molecule has 0 aliphatic heterocycles. The Kier molecular flexibility index (Phi) is 4.24. The first-order valence-corrected chi connectivity index (χ1v) is 5.03. The smallest absolute Gasteiger partial charge is 0.122 e. The molecule has 14 heavy (non-hydrogen) atoms. The molecule has 0 aromatic heterocycles. The van der Waals surface area contributed by atoms with Crippen molar-refractivity contribution in [2.45, 2.75) is 20.3 Å². The Bertz CT molecular complexity index is 285. The van der Waals surface area contributed by atoms with E-state index in [9.17, 15) is 0 Å². The van der Waals surface area contributed by atoms with E-state index in [0.29, 0.717) is 5.92 Å². The van der Waals surface area contributed by atoms with Gasteiger partial charge in [0.05, 0.1) is 7.11 Å². The van der Waals surface area contributed by atoms with E-state index >= 15 is 0 Å². The predicted octanol–water partition coefficient (Wildman–Crippen LogP) is 3.72. The van der Waals surface area contributed by atoms with Crippen molar-refractivity contribution in [3.05, 3.63) is 42.0 Å². The molecule has 0 atom stereocenters. The Labute approximate surface area is 86.4 Å². The van der Waals surface area contributed by atoms with E-state index in [4.69, 9.17) is 4.74 Å². The number of hydrogen-bond donors (Lipinski definition) is 0. The minimum atomic E-state index is 0.670. The zero-order chi connectivity index (χ0) is 10.4. The van der Waals surface area contributed by atoms with Crippen LogP contribution in [0.25, 0.3) is 5.76 Å². The molecule has 0 saturated carbocycles. The van der Waals surface area contributed by atoms with Crippen molar-refractivity contribution in [3.8, 4) is 0 Å². The second kappa shape index (κ2) is 5.48. The van der Waals surface area contributed by atoms with Crippen LogP contribution in [0.1, 0.15) is 25.8 Å². The quantitative estimate of drug-likeness (QED) is 0.657. The maximum atomic E-state index is 5.35. The number of allylic oxidation sites excluding steroid dienone is 1. The minimum absolute atomic E-state index is 0.670. The number of methoxy groups -OCH3 is 1. The van der Waals surface area contributed by atoms with E-state index in [1.54, 1.807) is 7.11 Å². The molecule has 0 unspecified atom stereocenters. The second-order valence-corrected chi connectivity index (χ2v) is 3.77. The van der Waals surface area contributed by atoms with E-state index in [2.05, 4.69) is 32.1 Å². The number of ether oxygens (including phenoxy) is 1. The predicted molar refractivity (Wildman–Crippen MR) is 60.9 cm³/mol. The highest BCUT2D eigenvalue weighted by Gasteiger charge is 1.99. The van der Waals surface area contributed by atoms with Gasteiger partial charge in [-0.3, -0.25) is 0 Å². The molecule has 0 aliphatic rings. The van der Waals surface area contributed by atoms with Gasteiger partial charge in [0, 0.05) is 5.56 Å². The first-order chi connectivity index (χ1) is 6.74. The molecule has 0 N–H and O–H groups in total. The van der Waals surface area contributed by atoms with Gasteiger partial charge in [0.15, 0.2) is 0 Å². The molecule has 1 aromatic carbocycles. The number of rotatable bonds is 4. The monoisotopic (exact) mass is 190 g/mol. The average Bonchev–Trinajstić information content (AvgIpc) is 2.20. The van der Waals surface area contributed by atoms with Crippen molar-refractivity contribution in [1.29, 1.82) is 0 Å². The minimum Gasteiger partial charge on any atom is -0.496 e. The van der Waals surface area contributed by atoms with Gasteiger partial charge in [0.1, 0.15) is 5.76 Å². The fourth-order valence-corrected chi connectivity index (χ4v) is 1.26. The second-order valence-electron chi connectivity index (χ2n) is 3.77. The highest BCUT2D eigenvalue weighted by Crippen LogP contribution is 2.16. The fourth-order valence-electron chi connectivity index (χ4n) is 1.26. The normalized spacial score (nSPS) is 11.9. The van der Waals surface area contributed by atoms with Gasteiger partial charge < -0.3 is 4.74 Å². The molecule has 0 amide bonds. The lowest BCUT2D eigenvalue weighted by Crippen LogP contribution is -1.89. The molecule has 1 heteroatoms. The van der Waals surface area contributed by atoms with Crippen molar-refractivity contribution in [2.24, 2.45) is 5.92 Å². The number of hydrogen-bond acceptors (Lipinski definition) is 1. The molecule has 0 radical (unpaired) electrons. The molecule has 0 saturated heterocycles. The topological polar surface area (TPSA) is 9.23 Å². The largest absolute Gasteiger partial charge is 0.496 e. The van der Waals surface area contributed by atoms with Crippen LogP contribution in [0.2, 0.25) is 0 Å². The van der Waals surface area contributed by atoms with Gasteiger partial charge in [0.25, 0.3) is 0 Å². The molecule has 76 valence electrons. The maximum absolute atomic E-state index is 5.35. The van der Waals surface area contributed by atoms with Crippen LogP contribution in [-0.4, -0.2) is 7.11 Å². The summed E-state index contributed by atoms with van der Waals surface area (Å²) in [6.07, 6.45) is 3.21. The molecule has 0 aliphatic carbocycles. The highest BCUT2D eigenvalue weighted by atomic mass is 16.5. The van der Waals surface area contributed by atoms with Crippen molar-refractivity contribution in [2.75, 3.05) is 7.11 Å². The Morgan fingerprint density at radius 3 is 2.43 bits per heavy atom. The highest BCUT2D eigenvalue weighted by molar-refractivity contribution is 5.59. The third-order valence-electron chi connectivity index (χ3n) is 2.05. The van der Waals surface area contributed by atoms with Crippen LogP contribution in [0, 0.1) is 5.92 Å². The molecule has 1 nitrogen and oxygen atoms in total. The summed E-state index contributed by atoms with van der Waals surface area (Å²) in [6.45, 7) is 4.41. The standard InChI is InChI=1S/C13H18O/c1-11(2)9-10-13(14-3)12-7-5-4-6-8-12/h4-8,10-11H,9H2,1-3H3/b13-10-. The lowest BCUT2D eigenvalue weighted by atomic mass is 10.1. The summed E-state index contributed by atoms with van der Waals surface area (Å²) >= 11 is 0. The summed E-state index contributed by atoms with van der Waals surface area (Å²) in [5, 5.41) is 0. The third-order valence-corrected chi connectivity index (χ3v) is 2.05. The van der Waals surface area contributed by atoms with Crippen LogP contribution in [0.15, 0.2) is 36.4 Å². The molecular weight excluding hydrogens is 172 g/mol. The Morgan fingerprint density at radius 1 is 1.29 bits per heavy atom. The Morgan fingerprint density at radius 2 is 1.93 bits per heavy atom. The van der Waals surface area contributed by atoms with Crippen molar-refractivity contribution in [3.63, 3.8) is 0 Å². The van der Waals surface area contributed by atoms with Crippen molar-refractivity contribution in [1.82, 2.24) is 0 Å². The van der Waals surface area contributed by atoms with Crippen molar-refractivity contribution < 1.29 is 4.74 Å². The van der Waals surface area contributed by atoms with E-state index in [1.165, 1.54) is 0 Å². The summed E-state index contributed by atoms with van der Waals surface area (Å²) in [5.41, 5.74) is 1.15. The molecule has 0 spiro atoms. The third kappa shape index (κ3) is 3.25. The Balaban J connectivity index is 2.77. The van der Waals surface area contributed by atoms with Gasteiger partial charge in [-0.2, -0.15) is 0 Å². The summed E-state index contributed by atoms with van der Waals surface area (Å²) in [4.78, 5) is 0. The SMILES string of the molecule is CO/C(=C\CC(C)C)c1ccccc1. The summed E-state index contributed by atoms with van der Waals surface area (Å²) in [7, 11) is 1.72. The van der Waals surface area contributed by atoms with Crippen LogP contribution in [-0.2, 0) is 4.74 Å². The summed E-state index contributed by atoms with van der Waals surface area (Å²) < 4.78 is 5.35. The first kappa shape index (κ1) is 10.8. The lowest BCUT2D eigenvalue weighted by molar-refractivity contribution is 0.367. The first-order valence-electron chi connectivity index (χ1n) is 5.03. The van der Waals surface area contributed by atoms with Crippen LogP contribution < -0.4 is 0 Å². The molecule has 1 rings (SSSR count). The zero-order valence-electron chi connectivity index (χ0n) is 9.16. The fraction of sp³-hybridized carbons (Fsp3) is 0.385. The van der Waals surface area contributed by atoms with Gasteiger partial charge in [-0.1, -0.05) is 44.2 Å². The Hall–Kier alpha value is -1.24. The molecule has 0 heterocycles. The van der Waals surface area contributed by atoms with Crippen molar-refractivity contribution >= 4 is 5.76 Å². The van der Waals surface area contributed by atoms with Gasteiger partial charge in [0.2, 0.25) is 0 Å². The molecule has 0 bridgehead atoms. The summed E-state index contributed by atoms with van der Waals surface area (Å²) in [6, 6.07) is 10.2. The molecular formula is C13H18O. The zero-order valence-corrected chi connectivity index (χ0v) is 9.16. The molecule has 1 aromatic rings. The van der Waals surface area contributed by atoms with Gasteiger partial charge in [-0.05, 0) is 18.4 Å². The van der Waals surface area contributed by atoms with Gasteiger partial charge in [-0.25, -0.2) is 0 Å². The summed E-state index contributed by atoms with van der Waals surface area (Å²) in [5.74, 6) is 1.64. The van der Waals surface area contributed by atoms with Crippen LogP contribution in [0.4, 0.5) is 0 Å².